The molecule has 3 rings (SSSR count). The predicted octanol–water partition coefficient (Wildman–Crippen LogP) is 4.07. The van der Waals surface area contributed by atoms with Crippen LogP contribution in [-0.2, 0) is 0 Å². The molecule has 3 aromatic rings. The highest BCUT2D eigenvalue weighted by atomic mass is 79.9. The molecule has 3 nitrogen and oxygen atoms in total. The van der Waals surface area contributed by atoms with Crippen molar-refractivity contribution in [3.8, 4) is 10.4 Å². The highest BCUT2D eigenvalue weighted by molar-refractivity contribution is 9.10. The van der Waals surface area contributed by atoms with Gasteiger partial charge in [0.1, 0.15) is 4.70 Å². The van der Waals surface area contributed by atoms with Crippen LogP contribution in [0.2, 0.25) is 5.02 Å². The lowest BCUT2D eigenvalue weighted by molar-refractivity contribution is 1.18. The SMILES string of the molecule is O=c1[nH]cnc2cc(-c3ccc(Cl)c(Br)c3)sc12. The van der Waals surface area contributed by atoms with Crippen molar-refractivity contribution in [3.63, 3.8) is 0 Å². The van der Waals surface area contributed by atoms with Crippen LogP contribution in [0.4, 0.5) is 0 Å². The highest BCUT2D eigenvalue weighted by Crippen LogP contribution is 2.34. The fourth-order valence-corrected chi connectivity index (χ4v) is 3.16. The van der Waals surface area contributed by atoms with E-state index in [4.69, 9.17) is 11.6 Å². The Labute approximate surface area is 120 Å². The summed E-state index contributed by atoms with van der Waals surface area (Å²) in [6, 6.07) is 7.58. The molecule has 2 heterocycles. The van der Waals surface area contributed by atoms with Gasteiger partial charge in [0.05, 0.1) is 16.9 Å². The third-order valence-corrected chi connectivity index (χ3v) is 4.91. The molecule has 90 valence electrons. The minimum Gasteiger partial charge on any atom is -0.312 e. The van der Waals surface area contributed by atoms with Gasteiger partial charge >= 0.3 is 0 Å². The molecule has 6 heteroatoms. The monoisotopic (exact) mass is 340 g/mol. The Morgan fingerprint density at radius 3 is 2.89 bits per heavy atom. The normalized spacial score (nSPS) is 11.0. The summed E-state index contributed by atoms with van der Waals surface area (Å²) >= 11 is 10.8. The van der Waals surface area contributed by atoms with Crippen LogP contribution in [0, 0.1) is 0 Å². The van der Waals surface area contributed by atoms with Crippen molar-refractivity contribution in [3.05, 3.63) is 50.4 Å². The van der Waals surface area contributed by atoms with Gasteiger partial charge in [-0.1, -0.05) is 17.7 Å². The van der Waals surface area contributed by atoms with Gasteiger partial charge in [-0.15, -0.1) is 11.3 Å². The van der Waals surface area contributed by atoms with Crippen LogP contribution in [0.5, 0.6) is 0 Å². The fourth-order valence-electron chi connectivity index (χ4n) is 1.66. The zero-order chi connectivity index (χ0) is 12.7. The van der Waals surface area contributed by atoms with Crippen molar-refractivity contribution in [2.45, 2.75) is 0 Å². The molecule has 0 saturated heterocycles. The number of nitrogens with zero attached hydrogens (tertiary/aromatic N) is 1. The van der Waals surface area contributed by atoms with Gasteiger partial charge in [0.15, 0.2) is 0 Å². The number of H-pyrrole nitrogens is 1. The molecule has 0 spiro atoms. The number of thiophene rings is 1. The lowest BCUT2D eigenvalue weighted by atomic mass is 10.2. The number of rotatable bonds is 1. The number of hydrogen-bond acceptors (Lipinski definition) is 3. The summed E-state index contributed by atoms with van der Waals surface area (Å²) in [7, 11) is 0. The largest absolute Gasteiger partial charge is 0.312 e. The molecule has 0 amide bonds. The first-order valence-electron chi connectivity index (χ1n) is 5.08. The Morgan fingerprint density at radius 1 is 1.33 bits per heavy atom. The van der Waals surface area contributed by atoms with Gasteiger partial charge in [-0.25, -0.2) is 4.98 Å². The Bertz CT molecular complexity index is 796. The van der Waals surface area contributed by atoms with Gasteiger partial charge in [0.2, 0.25) is 0 Å². The van der Waals surface area contributed by atoms with Crippen molar-refractivity contribution in [2.75, 3.05) is 0 Å². The van der Waals surface area contributed by atoms with Crippen LogP contribution >= 0.6 is 38.9 Å². The Morgan fingerprint density at radius 2 is 2.17 bits per heavy atom. The Kier molecular flexibility index (Phi) is 2.97. The Balaban J connectivity index is 2.22. The molecule has 0 saturated carbocycles. The number of halogens is 2. The average Bonchev–Trinajstić information content (AvgIpc) is 2.78. The predicted molar refractivity (Wildman–Crippen MR) is 78.4 cm³/mol. The summed E-state index contributed by atoms with van der Waals surface area (Å²) in [5.74, 6) is 0. The maximum absolute atomic E-state index is 11.6. The van der Waals surface area contributed by atoms with E-state index >= 15 is 0 Å². The van der Waals surface area contributed by atoms with E-state index in [-0.39, 0.29) is 5.56 Å². The topological polar surface area (TPSA) is 45.8 Å². The summed E-state index contributed by atoms with van der Waals surface area (Å²) in [5.41, 5.74) is 1.61. The second kappa shape index (κ2) is 4.50. The number of fused-ring (bicyclic) bond motifs is 1. The molecule has 0 aliphatic rings. The van der Waals surface area contributed by atoms with Crippen LogP contribution in [0.15, 0.2) is 39.9 Å². The summed E-state index contributed by atoms with van der Waals surface area (Å²) in [6.45, 7) is 0. The van der Waals surface area contributed by atoms with E-state index in [2.05, 4.69) is 25.9 Å². The van der Waals surface area contributed by atoms with Gasteiger partial charge in [-0.3, -0.25) is 4.79 Å². The van der Waals surface area contributed by atoms with Crippen molar-refractivity contribution < 1.29 is 0 Å². The summed E-state index contributed by atoms with van der Waals surface area (Å²) in [4.78, 5) is 19.3. The van der Waals surface area contributed by atoms with E-state index in [1.54, 1.807) is 0 Å². The highest BCUT2D eigenvalue weighted by Gasteiger charge is 2.09. The minimum absolute atomic E-state index is 0.107. The molecule has 0 atom stereocenters. The molecule has 1 aromatic carbocycles. The number of nitrogens with one attached hydrogen (secondary N) is 1. The van der Waals surface area contributed by atoms with Crippen LogP contribution in [0.25, 0.3) is 20.7 Å². The maximum Gasteiger partial charge on any atom is 0.268 e. The van der Waals surface area contributed by atoms with Crippen molar-refractivity contribution in [2.24, 2.45) is 0 Å². The quantitative estimate of drug-likeness (QED) is 0.725. The second-order valence-corrected chi connectivity index (χ2v) is 6.00. The molecule has 0 unspecified atom stereocenters. The standard InChI is InChI=1S/C12H6BrClN2OS/c13-7-3-6(1-2-8(7)14)10-4-9-11(18-10)12(17)16-5-15-9/h1-5H,(H,15,16,17). The summed E-state index contributed by atoms with van der Waals surface area (Å²) < 4.78 is 1.47. The van der Waals surface area contributed by atoms with E-state index in [0.717, 1.165) is 14.9 Å². The molecule has 0 fully saturated rings. The van der Waals surface area contributed by atoms with E-state index < -0.39 is 0 Å². The molecule has 18 heavy (non-hydrogen) atoms. The first-order chi connectivity index (χ1) is 8.65. The number of aromatic amines is 1. The number of aromatic nitrogens is 2. The van der Waals surface area contributed by atoms with Gasteiger partial charge < -0.3 is 4.98 Å². The zero-order valence-corrected chi connectivity index (χ0v) is 12.1. The summed E-state index contributed by atoms with van der Waals surface area (Å²) in [6.07, 6.45) is 1.42. The summed E-state index contributed by atoms with van der Waals surface area (Å²) in [5, 5.41) is 0.663. The molecule has 2 aromatic heterocycles. The van der Waals surface area contributed by atoms with E-state index in [1.807, 2.05) is 24.3 Å². The van der Waals surface area contributed by atoms with Gasteiger partial charge in [0.25, 0.3) is 5.56 Å². The average molecular weight is 342 g/mol. The first-order valence-corrected chi connectivity index (χ1v) is 7.06. The number of benzene rings is 1. The van der Waals surface area contributed by atoms with Crippen molar-refractivity contribution in [1.82, 2.24) is 9.97 Å². The van der Waals surface area contributed by atoms with Crippen molar-refractivity contribution in [1.29, 1.82) is 0 Å². The minimum atomic E-state index is -0.107. The molecule has 1 N–H and O–H groups in total. The van der Waals surface area contributed by atoms with E-state index in [9.17, 15) is 4.79 Å². The number of hydrogen-bond donors (Lipinski definition) is 1. The molecule has 0 aliphatic heterocycles. The molecule has 0 radical (unpaired) electrons. The molecular formula is C12H6BrClN2OS. The smallest absolute Gasteiger partial charge is 0.268 e. The Hall–Kier alpha value is -1.17. The zero-order valence-electron chi connectivity index (χ0n) is 8.91. The molecule has 0 aliphatic carbocycles. The first kappa shape index (κ1) is 11.9. The van der Waals surface area contributed by atoms with E-state index in [0.29, 0.717) is 15.2 Å². The maximum atomic E-state index is 11.6. The van der Waals surface area contributed by atoms with Crippen LogP contribution < -0.4 is 5.56 Å². The van der Waals surface area contributed by atoms with Gasteiger partial charge in [-0.05, 0) is 39.7 Å². The lowest BCUT2D eigenvalue weighted by Crippen LogP contribution is -2.02. The van der Waals surface area contributed by atoms with Crippen molar-refractivity contribution >= 4 is 49.1 Å². The third-order valence-electron chi connectivity index (χ3n) is 2.52. The van der Waals surface area contributed by atoms with E-state index in [1.165, 1.54) is 17.7 Å². The third kappa shape index (κ3) is 1.98. The van der Waals surface area contributed by atoms with Gasteiger partial charge in [0, 0.05) is 9.35 Å². The molecular weight excluding hydrogens is 336 g/mol. The lowest BCUT2D eigenvalue weighted by Gasteiger charge is -1.99. The molecule has 0 bridgehead atoms. The van der Waals surface area contributed by atoms with Crippen LogP contribution in [0.1, 0.15) is 0 Å². The fraction of sp³-hybridized carbons (Fsp3) is 0. The van der Waals surface area contributed by atoms with Crippen LogP contribution in [0.3, 0.4) is 0 Å². The van der Waals surface area contributed by atoms with Crippen LogP contribution in [-0.4, -0.2) is 9.97 Å². The second-order valence-electron chi connectivity index (χ2n) is 3.69. The van der Waals surface area contributed by atoms with Gasteiger partial charge in [-0.2, -0.15) is 0 Å².